The van der Waals surface area contributed by atoms with Crippen molar-refractivity contribution < 1.29 is 14.0 Å². The molecule has 1 aromatic heterocycles. The van der Waals surface area contributed by atoms with Gasteiger partial charge in [0, 0.05) is 30.2 Å². The van der Waals surface area contributed by atoms with Crippen LogP contribution in [0.4, 0.5) is 10.1 Å². The zero-order valence-corrected chi connectivity index (χ0v) is 16.3. The molecule has 0 unspecified atom stereocenters. The van der Waals surface area contributed by atoms with E-state index in [9.17, 15) is 14.0 Å². The van der Waals surface area contributed by atoms with Gasteiger partial charge in [-0.3, -0.25) is 9.59 Å². The summed E-state index contributed by atoms with van der Waals surface area (Å²) in [5, 5.41) is 9.92. The first-order valence-corrected chi connectivity index (χ1v) is 10.0. The van der Waals surface area contributed by atoms with Gasteiger partial charge in [-0.1, -0.05) is 6.07 Å². The molecule has 7 heteroatoms. The number of benzene rings is 1. The summed E-state index contributed by atoms with van der Waals surface area (Å²) in [6.07, 6.45) is 0.913. The number of nitrogens with one attached hydrogen (secondary N) is 2. The lowest BCUT2D eigenvalue weighted by Gasteiger charge is -2.42. The van der Waals surface area contributed by atoms with Crippen LogP contribution in [0.25, 0.3) is 0 Å². The monoisotopic (exact) mass is 389 g/mol. The summed E-state index contributed by atoms with van der Waals surface area (Å²) in [6.45, 7) is 4.73. The molecule has 2 aromatic rings. The molecule has 2 N–H and O–H groups in total. The molecule has 2 heterocycles. The standard InChI is InChI=1S/C20H24FN3O2S/c1-14(2)22-19(26)20(23-17-5-3-4-16(21)12-17)7-9-24(10-8-20)18(25)15-6-11-27-13-15/h3-6,11-14,23H,7-10H2,1-2H3,(H,22,26). The molecule has 27 heavy (non-hydrogen) atoms. The Morgan fingerprint density at radius 1 is 1.22 bits per heavy atom. The minimum atomic E-state index is -0.872. The number of carbonyl (C=O) groups excluding carboxylic acids is 2. The van der Waals surface area contributed by atoms with Crippen LogP contribution in [0.15, 0.2) is 41.1 Å². The Bertz CT molecular complexity index is 799. The first-order chi connectivity index (χ1) is 12.9. The Labute approximate surface area is 162 Å². The number of likely N-dealkylation sites (tertiary alicyclic amines) is 1. The Hall–Kier alpha value is -2.41. The maximum atomic E-state index is 13.6. The van der Waals surface area contributed by atoms with E-state index in [-0.39, 0.29) is 23.7 Å². The number of anilines is 1. The normalized spacial score (nSPS) is 16.2. The Morgan fingerprint density at radius 2 is 1.96 bits per heavy atom. The zero-order chi connectivity index (χ0) is 19.4. The summed E-state index contributed by atoms with van der Waals surface area (Å²) < 4.78 is 13.6. The van der Waals surface area contributed by atoms with Crippen LogP contribution in [0.3, 0.4) is 0 Å². The van der Waals surface area contributed by atoms with Crippen LogP contribution in [0.1, 0.15) is 37.0 Å². The van der Waals surface area contributed by atoms with Gasteiger partial charge in [0.05, 0.1) is 5.56 Å². The highest BCUT2D eigenvalue weighted by molar-refractivity contribution is 7.08. The predicted molar refractivity (Wildman–Crippen MR) is 105 cm³/mol. The summed E-state index contributed by atoms with van der Waals surface area (Å²) in [5.74, 6) is -0.492. The number of thiophene rings is 1. The molecule has 0 spiro atoms. The quantitative estimate of drug-likeness (QED) is 0.823. The Morgan fingerprint density at radius 3 is 2.56 bits per heavy atom. The van der Waals surface area contributed by atoms with E-state index in [1.54, 1.807) is 17.0 Å². The maximum absolute atomic E-state index is 13.6. The lowest BCUT2D eigenvalue weighted by atomic mass is 9.85. The van der Waals surface area contributed by atoms with Crippen LogP contribution in [0.2, 0.25) is 0 Å². The van der Waals surface area contributed by atoms with Crippen molar-refractivity contribution in [1.82, 2.24) is 10.2 Å². The molecule has 1 aliphatic rings. The second kappa shape index (κ2) is 8.08. The van der Waals surface area contributed by atoms with Gasteiger partial charge < -0.3 is 15.5 Å². The van der Waals surface area contributed by atoms with Crippen LogP contribution >= 0.6 is 11.3 Å². The van der Waals surface area contributed by atoms with E-state index >= 15 is 0 Å². The molecule has 1 fully saturated rings. The summed E-state index contributed by atoms with van der Waals surface area (Å²) >= 11 is 1.49. The first-order valence-electron chi connectivity index (χ1n) is 9.06. The fraction of sp³-hybridized carbons (Fsp3) is 0.400. The zero-order valence-electron chi connectivity index (χ0n) is 15.5. The van der Waals surface area contributed by atoms with Crippen molar-refractivity contribution in [2.24, 2.45) is 0 Å². The number of nitrogens with zero attached hydrogens (tertiary/aromatic N) is 1. The number of hydrogen-bond donors (Lipinski definition) is 2. The summed E-state index contributed by atoms with van der Waals surface area (Å²) in [6, 6.07) is 7.92. The molecule has 0 bridgehead atoms. The van der Waals surface area contributed by atoms with Crippen molar-refractivity contribution >= 4 is 28.8 Å². The van der Waals surface area contributed by atoms with Gasteiger partial charge >= 0.3 is 0 Å². The molecule has 1 saturated heterocycles. The molecule has 5 nitrogen and oxygen atoms in total. The van der Waals surface area contributed by atoms with Crippen molar-refractivity contribution in [3.63, 3.8) is 0 Å². The third kappa shape index (κ3) is 4.47. The molecule has 0 atom stereocenters. The largest absolute Gasteiger partial charge is 0.371 e. The molecule has 0 saturated carbocycles. The lowest BCUT2D eigenvalue weighted by molar-refractivity contribution is -0.127. The van der Waals surface area contributed by atoms with Crippen molar-refractivity contribution in [3.8, 4) is 0 Å². The average molecular weight is 389 g/mol. The summed E-state index contributed by atoms with van der Waals surface area (Å²) in [7, 11) is 0. The SMILES string of the molecule is CC(C)NC(=O)C1(Nc2cccc(F)c2)CCN(C(=O)c2ccsc2)CC1. The highest BCUT2D eigenvalue weighted by Crippen LogP contribution is 2.29. The molecule has 144 valence electrons. The molecule has 0 radical (unpaired) electrons. The van der Waals surface area contributed by atoms with Crippen molar-refractivity contribution in [2.45, 2.75) is 38.3 Å². The highest BCUT2D eigenvalue weighted by Gasteiger charge is 2.42. The number of halogens is 1. The topological polar surface area (TPSA) is 61.4 Å². The third-order valence-corrected chi connectivity index (χ3v) is 5.42. The van der Waals surface area contributed by atoms with E-state index in [4.69, 9.17) is 0 Å². The molecular formula is C20H24FN3O2S. The Balaban J connectivity index is 1.78. The number of rotatable bonds is 5. The van der Waals surface area contributed by atoms with E-state index in [0.717, 1.165) is 0 Å². The van der Waals surface area contributed by atoms with Crippen molar-refractivity contribution in [2.75, 3.05) is 18.4 Å². The maximum Gasteiger partial charge on any atom is 0.254 e. The lowest BCUT2D eigenvalue weighted by Crippen LogP contribution is -2.60. The van der Waals surface area contributed by atoms with Crippen LogP contribution in [-0.2, 0) is 4.79 Å². The van der Waals surface area contributed by atoms with Crippen molar-refractivity contribution in [3.05, 3.63) is 52.5 Å². The van der Waals surface area contributed by atoms with Gasteiger partial charge in [0.25, 0.3) is 5.91 Å². The van der Waals surface area contributed by atoms with Gasteiger partial charge in [-0.2, -0.15) is 11.3 Å². The van der Waals surface area contributed by atoms with E-state index in [1.165, 1.54) is 23.5 Å². The van der Waals surface area contributed by atoms with Gasteiger partial charge in [0.2, 0.25) is 5.91 Å². The number of piperidine rings is 1. The number of carbonyl (C=O) groups is 2. The smallest absolute Gasteiger partial charge is 0.254 e. The van der Waals surface area contributed by atoms with E-state index < -0.39 is 5.54 Å². The molecular weight excluding hydrogens is 365 g/mol. The average Bonchev–Trinajstić information content (AvgIpc) is 3.16. The Kier molecular flexibility index (Phi) is 5.79. The second-order valence-electron chi connectivity index (χ2n) is 7.15. The van der Waals surface area contributed by atoms with Gasteiger partial charge in [-0.25, -0.2) is 4.39 Å². The molecule has 0 aliphatic carbocycles. The van der Waals surface area contributed by atoms with Crippen molar-refractivity contribution in [1.29, 1.82) is 0 Å². The third-order valence-electron chi connectivity index (χ3n) is 4.73. The number of amides is 2. The van der Waals surface area contributed by atoms with E-state index in [2.05, 4.69) is 10.6 Å². The van der Waals surface area contributed by atoms with Gasteiger partial charge in [-0.05, 0) is 56.3 Å². The fourth-order valence-electron chi connectivity index (χ4n) is 3.31. The summed E-state index contributed by atoms with van der Waals surface area (Å²) in [5.41, 5.74) is 0.368. The molecule has 1 aliphatic heterocycles. The second-order valence-corrected chi connectivity index (χ2v) is 7.93. The fourth-order valence-corrected chi connectivity index (χ4v) is 3.94. The van der Waals surface area contributed by atoms with Crippen LogP contribution in [0, 0.1) is 5.82 Å². The first kappa shape index (κ1) is 19.4. The number of hydrogen-bond acceptors (Lipinski definition) is 4. The van der Waals surface area contributed by atoms with Crippen LogP contribution in [0.5, 0.6) is 0 Å². The van der Waals surface area contributed by atoms with E-state index in [0.29, 0.717) is 37.2 Å². The molecule has 2 amide bonds. The predicted octanol–water partition coefficient (Wildman–Crippen LogP) is 3.50. The summed E-state index contributed by atoms with van der Waals surface area (Å²) in [4.78, 5) is 27.3. The van der Waals surface area contributed by atoms with Crippen LogP contribution in [-0.4, -0.2) is 41.4 Å². The van der Waals surface area contributed by atoms with E-state index in [1.807, 2.05) is 30.7 Å². The minimum absolute atomic E-state index is 0.00541. The van der Waals surface area contributed by atoms with Gasteiger partial charge in [-0.15, -0.1) is 0 Å². The highest BCUT2D eigenvalue weighted by atomic mass is 32.1. The molecule has 3 rings (SSSR count). The van der Waals surface area contributed by atoms with Gasteiger partial charge in [0.15, 0.2) is 0 Å². The van der Waals surface area contributed by atoms with Gasteiger partial charge in [0.1, 0.15) is 11.4 Å². The minimum Gasteiger partial charge on any atom is -0.371 e. The van der Waals surface area contributed by atoms with Crippen LogP contribution < -0.4 is 10.6 Å². The molecule has 1 aromatic carbocycles.